The van der Waals surface area contributed by atoms with Gasteiger partial charge in [-0.05, 0) is 25.5 Å². The first kappa shape index (κ1) is 10.5. The number of para-hydroxylation sites is 1. The molecule has 1 aromatic rings. The number of carboxylic acid groups (broad SMARTS) is 1. The third kappa shape index (κ3) is 2.23. The molecule has 0 unspecified atom stereocenters. The average Bonchev–Trinajstić information content (AvgIpc) is 2.15. The number of carbonyl (C=O) groups is 1. The van der Waals surface area contributed by atoms with Crippen molar-refractivity contribution in [1.82, 2.24) is 0 Å². The van der Waals surface area contributed by atoms with E-state index >= 15 is 0 Å². The van der Waals surface area contributed by atoms with Crippen molar-refractivity contribution in [1.29, 1.82) is 0 Å². The summed E-state index contributed by atoms with van der Waals surface area (Å²) in [4.78, 5) is 15.7. The van der Waals surface area contributed by atoms with Gasteiger partial charge in [0.05, 0.1) is 12.3 Å². The highest BCUT2D eigenvalue weighted by atomic mass is 16.7. The van der Waals surface area contributed by atoms with Crippen LogP contribution in [0.2, 0.25) is 0 Å². The molecule has 0 atom stereocenters. The molecule has 1 rings (SSSR count). The van der Waals surface area contributed by atoms with Gasteiger partial charge in [0.25, 0.3) is 0 Å². The molecular formula is C10H12NO3-. The van der Waals surface area contributed by atoms with Crippen molar-refractivity contribution in [3.05, 3.63) is 29.8 Å². The van der Waals surface area contributed by atoms with Gasteiger partial charge in [-0.3, -0.25) is 4.84 Å². The van der Waals surface area contributed by atoms with Crippen molar-refractivity contribution >= 4 is 11.8 Å². The van der Waals surface area contributed by atoms with Crippen LogP contribution in [0.1, 0.15) is 12.5 Å². The molecule has 1 amide bonds. The van der Waals surface area contributed by atoms with Crippen molar-refractivity contribution in [3.8, 4) is 0 Å². The van der Waals surface area contributed by atoms with Gasteiger partial charge in [-0.2, -0.15) is 0 Å². The van der Waals surface area contributed by atoms with Crippen LogP contribution in [0.15, 0.2) is 24.3 Å². The molecule has 0 aliphatic rings. The average molecular weight is 194 g/mol. The Hall–Kier alpha value is -1.55. The lowest BCUT2D eigenvalue weighted by molar-refractivity contribution is -0.254. The summed E-state index contributed by atoms with van der Waals surface area (Å²) in [6.45, 7) is 3.81. The van der Waals surface area contributed by atoms with Crippen LogP contribution >= 0.6 is 0 Å². The molecule has 0 bridgehead atoms. The minimum Gasteiger partial charge on any atom is -0.528 e. The number of hydroxylamine groups is 1. The molecular weight excluding hydrogens is 182 g/mol. The summed E-state index contributed by atoms with van der Waals surface area (Å²) in [6.07, 6.45) is -1.36. The van der Waals surface area contributed by atoms with Gasteiger partial charge in [0, 0.05) is 0 Å². The van der Waals surface area contributed by atoms with E-state index in [-0.39, 0.29) is 6.61 Å². The smallest absolute Gasteiger partial charge is 0.168 e. The molecule has 0 fully saturated rings. The largest absolute Gasteiger partial charge is 0.528 e. The Bertz CT molecular complexity index is 325. The second-order valence-electron chi connectivity index (χ2n) is 2.76. The Kier molecular flexibility index (Phi) is 3.48. The number of benzene rings is 1. The topological polar surface area (TPSA) is 52.6 Å². The molecule has 14 heavy (non-hydrogen) atoms. The zero-order valence-electron chi connectivity index (χ0n) is 8.19. The summed E-state index contributed by atoms with van der Waals surface area (Å²) in [5.41, 5.74) is 1.32. The first-order valence-electron chi connectivity index (χ1n) is 4.36. The van der Waals surface area contributed by atoms with E-state index in [1.165, 1.54) is 0 Å². The number of nitrogens with zero attached hydrogens (tertiary/aromatic N) is 1. The van der Waals surface area contributed by atoms with Crippen LogP contribution in [-0.4, -0.2) is 12.7 Å². The van der Waals surface area contributed by atoms with Crippen LogP contribution in [0, 0.1) is 6.92 Å². The minimum absolute atomic E-state index is 0.280. The van der Waals surface area contributed by atoms with E-state index in [1.54, 1.807) is 19.1 Å². The maximum absolute atomic E-state index is 10.7. The second-order valence-corrected chi connectivity index (χ2v) is 2.76. The molecule has 76 valence electrons. The SMILES string of the molecule is CCON(C(=O)[O-])c1ccccc1C. The molecule has 1 aromatic carbocycles. The van der Waals surface area contributed by atoms with E-state index in [0.29, 0.717) is 5.69 Å². The van der Waals surface area contributed by atoms with E-state index in [9.17, 15) is 9.90 Å². The Balaban J connectivity index is 2.99. The minimum atomic E-state index is -1.36. The normalized spacial score (nSPS) is 9.86. The van der Waals surface area contributed by atoms with E-state index in [2.05, 4.69) is 0 Å². The number of rotatable bonds is 3. The van der Waals surface area contributed by atoms with Crippen LogP contribution in [0.25, 0.3) is 0 Å². The van der Waals surface area contributed by atoms with Crippen LogP contribution in [0.4, 0.5) is 10.5 Å². The lowest BCUT2D eigenvalue weighted by atomic mass is 10.2. The van der Waals surface area contributed by atoms with Gasteiger partial charge in [0.2, 0.25) is 0 Å². The van der Waals surface area contributed by atoms with Crippen LogP contribution in [-0.2, 0) is 4.84 Å². The standard InChI is InChI=1S/C10H13NO3/c1-3-14-11(10(12)13)9-7-5-4-6-8(9)2/h4-7H,3H2,1-2H3,(H,12,13)/p-1. The lowest BCUT2D eigenvalue weighted by Crippen LogP contribution is -2.41. The number of hydrogen-bond donors (Lipinski definition) is 0. The highest BCUT2D eigenvalue weighted by molar-refractivity contribution is 5.83. The van der Waals surface area contributed by atoms with Crippen molar-refractivity contribution in [2.45, 2.75) is 13.8 Å². The molecule has 4 nitrogen and oxygen atoms in total. The van der Waals surface area contributed by atoms with E-state index in [0.717, 1.165) is 10.6 Å². The van der Waals surface area contributed by atoms with Crippen LogP contribution in [0.5, 0.6) is 0 Å². The molecule has 0 spiro atoms. The fourth-order valence-corrected chi connectivity index (χ4v) is 1.14. The summed E-state index contributed by atoms with van der Waals surface area (Å²) >= 11 is 0. The zero-order chi connectivity index (χ0) is 10.6. The van der Waals surface area contributed by atoms with Crippen molar-refractivity contribution in [2.75, 3.05) is 11.7 Å². The Morgan fingerprint density at radius 1 is 1.50 bits per heavy atom. The lowest BCUT2D eigenvalue weighted by Gasteiger charge is -2.24. The Labute approximate surface area is 82.7 Å². The molecule has 0 N–H and O–H groups in total. The van der Waals surface area contributed by atoms with Crippen LogP contribution in [0.3, 0.4) is 0 Å². The highest BCUT2D eigenvalue weighted by Crippen LogP contribution is 2.18. The summed E-state index contributed by atoms with van der Waals surface area (Å²) in [5, 5.41) is 11.5. The van der Waals surface area contributed by atoms with Crippen molar-refractivity contribution in [3.63, 3.8) is 0 Å². The molecule has 0 aromatic heterocycles. The first-order chi connectivity index (χ1) is 6.66. The molecule has 0 saturated carbocycles. The van der Waals surface area contributed by atoms with Gasteiger partial charge < -0.3 is 9.90 Å². The van der Waals surface area contributed by atoms with Gasteiger partial charge in [0.1, 0.15) is 0 Å². The molecule has 0 saturated heterocycles. The van der Waals surface area contributed by atoms with Crippen molar-refractivity contribution in [2.24, 2.45) is 0 Å². The zero-order valence-corrected chi connectivity index (χ0v) is 8.19. The quantitative estimate of drug-likeness (QED) is 0.677. The molecule has 0 aliphatic heterocycles. The number of anilines is 1. The van der Waals surface area contributed by atoms with Crippen LogP contribution < -0.4 is 10.2 Å². The maximum atomic E-state index is 10.7. The number of hydrogen-bond acceptors (Lipinski definition) is 3. The summed E-state index contributed by atoms with van der Waals surface area (Å²) in [6, 6.07) is 7.06. The monoisotopic (exact) mass is 194 g/mol. The summed E-state index contributed by atoms with van der Waals surface area (Å²) in [5.74, 6) is 0. The predicted molar refractivity (Wildman–Crippen MR) is 50.7 cm³/mol. The van der Waals surface area contributed by atoms with E-state index < -0.39 is 6.09 Å². The van der Waals surface area contributed by atoms with Gasteiger partial charge in [-0.1, -0.05) is 18.2 Å². The third-order valence-corrected chi connectivity index (χ3v) is 1.76. The van der Waals surface area contributed by atoms with Gasteiger partial charge in [-0.25, -0.2) is 5.06 Å². The third-order valence-electron chi connectivity index (χ3n) is 1.76. The Morgan fingerprint density at radius 3 is 2.64 bits per heavy atom. The van der Waals surface area contributed by atoms with Gasteiger partial charge >= 0.3 is 0 Å². The predicted octanol–water partition coefficient (Wildman–Crippen LogP) is 1.10. The van der Waals surface area contributed by atoms with Gasteiger partial charge in [-0.15, -0.1) is 0 Å². The second kappa shape index (κ2) is 4.62. The van der Waals surface area contributed by atoms with Gasteiger partial charge in [0.15, 0.2) is 6.09 Å². The molecule has 4 heteroatoms. The highest BCUT2D eigenvalue weighted by Gasteiger charge is 2.09. The number of carbonyl (C=O) groups excluding carboxylic acids is 1. The molecule has 0 radical (unpaired) electrons. The maximum Gasteiger partial charge on any atom is 0.168 e. The number of aryl methyl sites for hydroxylation is 1. The molecule has 0 aliphatic carbocycles. The summed E-state index contributed by atoms with van der Waals surface area (Å²) in [7, 11) is 0. The summed E-state index contributed by atoms with van der Waals surface area (Å²) < 4.78 is 0. The molecule has 0 heterocycles. The Morgan fingerprint density at radius 2 is 2.14 bits per heavy atom. The fraction of sp³-hybridized carbons (Fsp3) is 0.300. The van der Waals surface area contributed by atoms with E-state index in [1.807, 2.05) is 19.1 Å². The van der Waals surface area contributed by atoms with Crippen molar-refractivity contribution < 1.29 is 14.7 Å². The first-order valence-corrected chi connectivity index (χ1v) is 4.36. The number of amides is 1. The fourth-order valence-electron chi connectivity index (χ4n) is 1.14. The van der Waals surface area contributed by atoms with E-state index in [4.69, 9.17) is 4.84 Å².